The summed E-state index contributed by atoms with van der Waals surface area (Å²) < 4.78 is 19.7. The maximum atomic E-state index is 13.7. The van der Waals surface area contributed by atoms with Gasteiger partial charge in [-0.2, -0.15) is 5.10 Å². The van der Waals surface area contributed by atoms with Crippen LogP contribution in [-0.2, 0) is 6.61 Å². The van der Waals surface area contributed by atoms with Crippen LogP contribution in [0.15, 0.2) is 70.7 Å². The Hall–Kier alpha value is -3.12. The smallest absolute Gasteiger partial charge is 0.271 e. The molecule has 0 radical (unpaired) electrons. The van der Waals surface area contributed by atoms with Gasteiger partial charge in [-0.3, -0.25) is 4.79 Å². The summed E-state index contributed by atoms with van der Waals surface area (Å²) in [6.45, 7) is 6.77. The monoisotopic (exact) mass is 462 g/mol. The number of benzene rings is 3. The molecule has 4 nitrogen and oxygen atoms in total. The van der Waals surface area contributed by atoms with Gasteiger partial charge >= 0.3 is 0 Å². The van der Waals surface area contributed by atoms with E-state index in [9.17, 15) is 9.18 Å². The fraction of sp³-hybridized carbons (Fsp3) is 0.259. The third kappa shape index (κ3) is 5.63. The molecule has 0 saturated heterocycles. The number of nitrogens with zero attached hydrogens (tertiary/aromatic N) is 1. The average Bonchev–Trinajstić information content (AvgIpc) is 2.81. The van der Waals surface area contributed by atoms with Gasteiger partial charge in [-0.25, -0.2) is 9.82 Å². The van der Waals surface area contributed by atoms with Crippen LogP contribution in [-0.4, -0.2) is 17.4 Å². The van der Waals surface area contributed by atoms with Crippen molar-refractivity contribution in [1.29, 1.82) is 0 Å². The molecule has 0 unspecified atom stereocenters. The fourth-order valence-corrected chi connectivity index (χ4v) is 4.71. The highest BCUT2D eigenvalue weighted by atomic mass is 32.2. The topological polar surface area (TPSA) is 50.7 Å². The van der Waals surface area contributed by atoms with Gasteiger partial charge in [0.15, 0.2) is 0 Å². The number of halogens is 1. The van der Waals surface area contributed by atoms with E-state index in [4.69, 9.17) is 4.74 Å². The molecule has 1 aliphatic heterocycles. The Balaban J connectivity index is 1.40. The Bertz CT molecular complexity index is 1190. The van der Waals surface area contributed by atoms with E-state index in [1.54, 1.807) is 30.0 Å². The van der Waals surface area contributed by atoms with Gasteiger partial charge in [0.2, 0.25) is 0 Å². The van der Waals surface area contributed by atoms with E-state index < -0.39 is 0 Å². The van der Waals surface area contributed by atoms with E-state index >= 15 is 0 Å². The molecule has 1 aliphatic rings. The summed E-state index contributed by atoms with van der Waals surface area (Å²) in [6, 6.07) is 18.2. The zero-order valence-electron chi connectivity index (χ0n) is 19.0. The van der Waals surface area contributed by atoms with Gasteiger partial charge in [-0.1, -0.05) is 38.1 Å². The summed E-state index contributed by atoms with van der Waals surface area (Å²) in [6.07, 6.45) is 0.676. The van der Waals surface area contributed by atoms with Crippen LogP contribution < -0.4 is 10.2 Å². The highest BCUT2D eigenvalue weighted by Crippen LogP contribution is 2.31. The van der Waals surface area contributed by atoms with Crippen molar-refractivity contribution in [3.05, 3.63) is 94.3 Å². The number of rotatable bonds is 6. The van der Waals surface area contributed by atoms with Crippen LogP contribution in [0.5, 0.6) is 5.75 Å². The van der Waals surface area contributed by atoms with Crippen molar-refractivity contribution in [3.63, 3.8) is 0 Å². The first-order chi connectivity index (χ1) is 15.9. The molecule has 0 atom stereocenters. The van der Waals surface area contributed by atoms with Crippen LogP contribution in [0.3, 0.4) is 0 Å². The van der Waals surface area contributed by atoms with Crippen molar-refractivity contribution in [2.75, 3.05) is 5.75 Å². The molecule has 0 bridgehead atoms. The number of amides is 1. The molecular weight excluding hydrogens is 435 g/mol. The summed E-state index contributed by atoms with van der Waals surface area (Å²) in [5.41, 5.74) is 7.88. The quantitative estimate of drug-likeness (QED) is 0.427. The standard InChI is InChI=1S/C27H27FN2O2S/c1-17(2)22-10-4-18(3)14-25(22)32-16-19-5-7-20(8-6-19)27(31)30-29-24-12-13-33-26-11-9-21(28)15-23(24)26/h4-11,14-15,17H,12-13,16H2,1-3H3,(H,30,31)/b29-24+. The molecule has 4 rings (SSSR count). The van der Waals surface area contributed by atoms with Crippen LogP contribution in [0.4, 0.5) is 4.39 Å². The second kappa shape index (κ2) is 10.2. The number of ether oxygens (including phenoxy) is 1. The van der Waals surface area contributed by atoms with Crippen molar-refractivity contribution in [2.45, 2.75) is 44.6 Å². The lowest BCUT2D eigenvalue weighted by molar-refractivity contribution is 0.0954. The van der Waals surface area contributed by atoms with Crippen LogP contribution in [0.25, 0.3) is 0 Å². The van der Waals surface area contributed by atoms with E-state index in [1.165, 1.54) is 17.7 Å². The zero-order chi connectivity index (χ0) is 23.4. The molecule has 0 fully saturated rings. The summed E-state index contributed by atoms with van der Waals surface area (Å²) in [7, 11) is 0. The van der Waals surface area contributed by atoms with Gasteiger partial charge in [-0.05, 0) is 65.9 Å². The van der Waals surface area contributed by atoms with E-state index in [1.807, 2.05) is 12.1 Å². The number of nitrogens with one attached hydrogen (secondary N) is 1. The van der Waals surface area contributed by atoms with E-state index in [2.05, 4.69) is 49.5 Å². The minimum atomic E-state index is -0.306. The predicted octanol–water partition coefficient (Wildman–Crippen LogP) is 6.47. The lowest BCUT2D eigenvalue weighted by Crippen LogP contribution is -2.21. The van der Waals surface area contributed by atoms with Crippen molar-refractivity contribution >= 4 is 23.4 Å². The normalized spacial score (nSPS) is 14.3. The molecular formula is C27H27FN2O2S. The molecule has 0 aromatic heterocycles. The number of aryl methyl sites for hydroxylation is 1. The van der Waals surface area contributed by atoms with E-state index in [0.717, 1.165) is 33.1 Å². The first-order valence-corrected chi connectivity index (χ1v) is 12.0. The molecule has 33 heavy (non-hydrogen) atoms. The van der Waals surface area contributed by atoms with Crippen LogP contribution >= 0.6 is 11.8 Å². The molecule has 3 aromatic carbocycles. The van der Waals surface area contributed by atoms with Crippen molar-refractivity contribution < 1.29 is 13.9 Å². The van der Waals surface area contributed by atoms with Crippen LogP contribution in [0.2, 0.25) is 0 Å². The van der Waals surface area contributed by atoms with Gasteiger partial charge in [0.25, 0.3) is 5.91 Å². The zero-order valence-corrected chi connectivity index (χ0v) is 19.8. The molecule has 0 spiro atoms. The average molecular weight is 463 g/mol. The maximum Gasteiger partial charge on any atom is 0.271 e. The molecule has 6 heteroatoms. The Kier molecular flexibility index (Phi) is 7.14. The Morgan fingerprint density at radius 1 is 1.12 bits per heavy atom. The number of hydrogen-bond acceptors (Lipinski definition) is 4. The maximum absolute atomic E-state index is 13.7. The Morgan fingerprint density at radius 2 is 1.91 bits per heavy atom. The lowest BCUT2D eigenvalue weighted by Gasteiger charge is -2.17. The number of hydrazone groups is 1. The van der Waals surface area contributed by atoms with Crippen molar-refractivity contribution in [2.24, 2.45) is 5.10 Å². The second-order valence-corrected chi connectivity index (χ2v) is 9.56. The second-order valence-electron chi connectivity index (χ2n) is 8.42. The van der Waals surface area contributed by atoms with Crippen molar-refractivity contribution in [3.8, 4) is 5.75 Å². The largest absolute Gasteiger partial charge is 0.489 e. The van der Waals surface area contributed by atoms with E-state index in [0.29, 0.717) is 30.2 Å². The fourth-order valence-electron chi connectivity index (χ4n) is 3.70. The molecule has 0 aliphatic carbocycles. The number of carbonyl (C=O) groups excluding carboxylic acids is 1. The number of thioether (sulfide) groups is 1. The molecule has 1 amide bonds. The highest BCUT2D eigenvalue weighted by molar-refractivity contribution is 7.99. The third-order valence-corrected chi connectivity index (χ3v) is 6.62. The molecule has 3 aromatic rings. The first kappa shape index (κ1) is 23.1. The number of fused-ring (bicyclic) bond motifs is 1. The van der Waals surface area contributed by atoms with Gasteiger partial charge in [0.05, 0.1) is 5.71 Å². The minimum Gasteiger partial charge on any atom is -0.489 e. The lowest BCUT2D eigenvalue weighted by atomic mass is 10.0. The summed E-state index contributed by atoms with van der Waals surface area (Å²) >= 11 is 1.67. The van der Waals surface area contributed by atoms with Gasteiger partial charge in [0.1, 0.15) is 18.2 Å². The SMILES string of the molecule is Cc1ccc(C(C)C)c(OCc2ccc(C(=O)N/N=C3\CCSc4ccc(F)cc43)cc2)c1. The van der Waals surface area contributed by atoms with Gasteiger partial charge in [0, 0.05) is 28.2 Å². The van der Waals surface area contributed by atoms with Gasteiger partial charge < -0.3 is 4.74 Å². The third-order valence-electron chi connectivity index (χ3n) is 5.54. The summed E-state index contributed by atoms with van der Waals surface area (Å²) in [5, 5.41) is 4.29. The van der Waals surface area contributed by atoms with Crippen LogP contribution in [0, 0.1) is 12.7 Å². The Morgan fingerprint density at radius 3 is 2.67 bits per heavy atom. The number of carbonyl (C=O) groups is 1. The molecule has 1 heterocycles. The van der Waals surface area contributed by atoms with Crippen molar-refractivity contribution in [1.82, 2.24) is 5.43 Å². The molecule has 0 saturated carbocycles. The van der Waals surface area contributed by atoms with E-state index in [-0.39, 0.29) is 11.7 Å². The summed E-state index contributed by atoms with van der Waals surface area (Å²) in [5.74, 6) is 1.51. The minimum absolute atomic E-state index is 0.299. The Labute approximate surface area is 198 Å². The molecule has 170 valence electrons. The first-order valence-electron chi connectivity index (χ1n) is 11.0. The predicted molar refractivity (Wildman–Crippen MR) is 132 cm³/mol. The highest BCUT2D eigenvalue weighted by Gasteiger charge is 2.17. The summed E-state index contributed by atoms with van der Waals surface area (Å²) in [4.78, 5) is 13.6. The number of hydrogen-bond donors (Lipinski definition) is 1. The van der Waals surface area contributed by atoms with Crippen LogP contribution in [0.1, 0.15) is 58.8 Å². The molecule has 1 N–H and O–H groups in total. The van der Waals surface area contributed by atoms with Gasteiger partial charge in [-0.15, -0.1) is 11.8 Å².